The first kappa shape index (κ1) is 11.7. The molecule has 1 aromatic rings. The minimum Gasteiger partial charge on any atom is -0.394 e. The highest BCUT2D eigenvalue weighted by atomic mass is 16.5. The van der Waals surface area contributed by atoms with Crippen molar-refractivity contribution in [3.63, 3.8) is 0 Å². The predicted octanol–water partition coefficient (Wildman–Crippen LogP) is -0.843. The molecule has 0 fully saturated rings. The molecule has 0 saturated heterocycles. The summed E-state index contributed by atoms with van der Waals surface area (Å²) in [6, 6.07) is -0.391. The molecule has 2 N–H and O–H groups in total. The number of aliphatic hydroxyl groups is 1. The summed E-state index contributed by atoms with van der Waals surface area (Å²) < 4.78 is 6.45. The number of methoxy groups -OCH3 is 1. The van der Waals surface area contributed by atoms with Crippen LogP contribution >= 0.6 is 0 Å². The molecule has 0 bridgehead atoms. The van der Waals surface area contributed by atoms with E-state index in [2.05, 4.69) is 10.3 Å². The van der Waals surface area contributed by atoms with Gasteiger partial charge in [-0.3, -0.25) is 4.79 Å². The lowest BCUT2D eigenvalue weighted by atomic mass is 10.3. The first-order valence-corrected chi connectivity index (χ1v) is 4.56. The maximum Gasteiger partial charge on any atom is 0.269 e. The summed E-state index contributed by atoms with van der Waals surface area (Å²) in [5, 5.41) is 11.6. The van der Waals surface area contributed by atoms with Gasteiger partial charge in [-0.25, -0.2) is 4.98 Å². The Kier molecular flexibility index (Phi) is 4.26. The molecule has 15 heavy (non-hydrogen) atoms. The summed E-state index contributed by atoms with van der Waals surface area (Å²) in [5.41, 5.74) is 0.449. The van der Waals surface area contributed by atoms with Gasteiger partial charge in [-0.05, 0) is 0 Å². The molecule has 84 valence electrons. The van der Waals surface area contributed by atoms with Gasteiger partial charge < -0.3 is 19.7 Å². The number of hydrogen-bond acceptors (Lipinski definition) is 4. The second kappa shape index (κ2) is 5.47. The number of amides is 1. The van der Waals surface area contributed by atoms with Gasteiger partial charge in [-0.2, -0.15) is 0 Å². The molecule has 0 aromatic carbocycles. The Morgan fingerprint density at radius 3 is 3.00 bits per heavy atom. The third kappa shape index (κ3) is 3.03. The van der Waals surface area contributed by atoms with E-state index in [0.29, 0.717) is 5.69 Å². The van der Waals surface area contributed by atoms with Gasteiger partial charge in [0.05, 0.1) is 31.8 Å². The molecular formula is C9H15N3O3. The van der Waals surface area contributed by atoms with Crippen molar-refractivity contribution in [2.45, 2.75) is 6.04 Å². The lowest BCUT2D eigenvalue weighted by Gasteiger charge is -2.14. The van der Waals surface area contributed by atoms with Gasteiger partial charge in [0, 0.05) is 14.2 Å². The lowest BCUT2D eigenvalue weighted by molar-refractivity contribution is 0.0832. The maximum atomic E-state index is 11.6. The van der Waals surface area contributed by atoms with Crippen LogP contribution in [0.4, 0.5) is 0 Å². The molecule has 1 atom stereocenters. The van der Waals surface area contributed by atoms with E-state index in [1.165, 1.54) is 13.3 Å². The Morgan fingerprint density at radius 2 is 2.53 bits per heavy atom. The number of nitrogens with one attached hydrogen (secondary N) is 1. The summed E-state index contributed by atoms with van der Waals surface area (Å²) in [6.07, 6.45) is 3.01. The van der Waals surface area contributed by atoms with Gasteiger partial charge >= 0.3 is 0 Å². The zero-order chi connectivity index (χ0) is 11.3. The standard InChI is InChI=1S/C9H15N3O3/c1-12-6-10-3-8(12)9(14)11-7(4-13)5-15-2/h3,6-7,13H,4-5H2,1-2H3,(H,11,14). The third-order valence-corrected chi connectivity index (χ3v) is 1.97. The number of rotatable bonds is 5. The normalized spacial score (nSPS) is 12.5. The Labute approximate surface area is 87.9 Å². The zero-order valence-electron chi connectivity index (χ0n) is 8.80. The molecular weight excluding hydrogens is 198 g/mol. The SMILES string of the molecule is COCC(CO)NC(=O)c1cncn1C. The van der Waals surface area contributed by atoms with Gasteiger partial charge in [0.2, 0.25) is 0 Å². The highest BCUT2D eigenvalue weighted by molar-refractivity contribution is 5.92. The summed E-state index contributed by atoms with van der Waals surface area (Å²) in [5.74, 6) is -0.272. The van der Waals surface area contributed by atoms with E-state index in [4.69, 9.17) is 9.84 Å². The van der Waals surface area contributed by atoms with Crippen molar-refractivity contribution in [3.8, 4) is 0 Å². The highest BCUT2D eigenvalue weighted by Crippen LogP contribution is 1.97. The maximum absolute atomic E-state index is 11.6. The Morgan fingerprint density at radius 1 is 1.80 bits per heavy atom. The summed E-state index contributed by atoms with van der Waals surface area (Å²) in [6.45, 7) is 0.123. The fraction of sp³-hybridized carbons (Fsp3) is 0.556. The fourth-order valence-corrected chi connectivity index (χ4v) is 1.18. The molecule has 0 aliphatic heterocycles. The third-order valence-electron chi connectivity index (χ3n) is 1.97. The monoisotopic (exact) mass is 213 g/mol. The van der Waals surface area contributed by atoms with Crippen molar-refractivity contribution in [3.05, 3.63) is 18.2 Å². The molecule has 1 aromatic heterocycles. The van der Waals surface area contributed by atoms with Gasteiger partial charge in [0.1, 0.15) is 5.69 Å². The van der Waals surface area contributed by atoms with Crippen LogP contribution in [0, 0.1) is 0 Å². The summed E-state index contributed by atoms with van der Waals surface area (Å²) in [7, 11) is 3.24. The smallest absolute Gasteiger partial charge is 0.269 e. The van der Waals surface area contributed by atoms with Crippen LogP contribution in [0.1, 0.15) is 10.5 Å². The molecule has 0 radical (unpaired) electrons. The van der Waals surface area contributed by atoms with Crippen LogP contribution in [0.25, 0.3) is 0 Å². The van der Waals surface area contributed by atoms with E-state index in [9.17, 15) is 4.79 Å². The minimum atomic E-state index is -0.391. The van der Waals surface area contributed by atoms with Crippen LogP contribution in [0.3, 0.4) is 0 Å². The average Bonchev–Trinajstić information content (AvgIpc) is 2.63. The zero-order valence-corrected chi connectivity index (χ0v) is 8.80. The Hall–Kier alpha value is -1.40. The van der Waals surface area contributed by atoms with Gasteiger partial charge in [0.25, 0.3) is 5.91 Å². The van der Waals surface area contributed by atoms with Gasteiger partial charge in [0.15, 0.2) is 0 Å². The number of hydrogen-bond donors (Lipinski definition) is 2. The van der Waals surface area contributed by atoms with Crippen LogP contribution < -0.4 is 5.32 Å². The Balaban J connectivity index is 2.58. The van der Waals surface area contributed by atoms with Crippen molar-refractivity contribution in [1.82, 2.24) is 14.9 Å². The van der Waals surface area contributed by atoms with Crippen molar-refractivity contribution >= 4 is 5.91 Å². The number of aryl methyl sites for hydroxylation is 1. The first-order valence-electron chi connectivity index (χ1n) is 4.56. The number of ether oxygens (including phenoxy) is 1. The van der Waals surface area contributed by atoms with Crippen molar-refractivity contribution in [2.75, 3.05) is 20.3 Å². The molecule has 6 nitrogen and oxygen atoms in total. The highest BCUT2D eigenvalue weighted by Gasteiger charge is 2.14. The van der Waals surface area contributed by atoms with E-state index < -0.39 is 6.04 Å². The number of carbonyl (C=O) groups is 1. The summed E-state index contributed by atoms with van der Waals surface area (Å²) >= 11 is 0. The van der Waals surface area contributed by atoms with Crippen molar-refractivity contribution < 1.29 is 14.6 Å². The molecule has 0 saturated carbocycles. The molecule has 0 spiro atoms. The van der Waals surface area contributed by atoms with Crippen LogP contribution in [0.15, 0.2) is 12.5 Å². The number of imidazole rings is 1. The van der Waals surface area contributed by atoms with Crippen molar-refractivity contribution in [1.29, 1.82) is 0 Å². The van der Waals surface area contributed by atoms with E-state index in [-0.39, 0.29) is 19.1 Å². The number of aromatic nitrogens is 2. The lowest BCUT2D eigenvalue weighted by Crippen LogP contribution is -2.41. The predicted molar refractivity (Wildman–Crippen MR) is 53.4 cm³/mol. The Bertz CT molecular complexity index is 324. The van der Waals surface area contributed by atoms with Crippen LogP contribution in [0.2, 0.25) is 0 Å². The van der Waals surface area contributed by atoms with Gasteiger partial charge in [-0.1, -0.05) is 0 Å². The topological polar surface area (TPSA) is 76.4 Å². The summed E-state index contributed by atoms with van der Waals surface area (Å²) in [4.78, 5) is 15.5. The van der Waals surface area contributed by atoms with Crippen LogP contribution in [-0.4, -0.2) is 46.9 Å². The minimum absolute atomic E-state index is 0.155. The molecule has 6 heteroatoms. The largest absolute Gasteiger partial charge is 0.394 e. The molecule has 0 aliphatic carbocycles. The molecule has 1 amide bonds. The first-order chi connectivity index (χ1) is 7.19. The molecule has 1 unspecified atom stereocenters. The van der Waals surface area contributed by atoms with Crippen LogP contribution in [-0.2, 0) is 11.8 Å². The number of carbonyl (C=O) groups excluding carboxylic acids is 1. The quantitative estimate of drug-likeness (QED) is 0.668. The van der Waals surface area contributed by atoms with Gasteiger partial charge in [-0.15, -0.1) is 0 Å². The number of nitrogens with zero attached hydrogens (tertiary/aromatic N) is 2. The number of aliphatic hydroxyl groups excluding tert-OH is 1. The van der Waals surface area contributed by atoms with E-state index >= 15 is 0 Å². The van der Waals surface area contributed by atoms with Crippen molar-refractivity contribution in [2.24, 2.45) is 7.05 Å². The fourth-order valence-electron chi connectivity index (χ4n) is 1.18. The van der Waals surface area contributed by atoms with E-state index in [1.54, 1.807) is 17.9 Å². The van der Waals surface area contributed by atoms with E-state index in [1.807, 2.05) is 0 Å². The second-order valence-electron chi connectivity index (χ2n) is 3.20. The van der Waals surface area contributed by atoms with Crippen LogP contribution in [0.5, 0.6) is 0 Å². The average molecular weight is 213 g/mol. The van der Waals surface area contributed by atoms with E-state index in [0.717, 1.165) is 0 Å². The molecule has 1 rings (SSSR count). The second-order valence-corrected chi connectivity index (χ2v) is 3.20. The molecule has 0 aliphatic rings. The molecule has 1 heterocycles.